The van der Waals surface area contributed by atoms with Gasteiger partial charge in [0.25, 0.3) is 0 Å². The number of nitrogens with zero attached hydrogens (tertiary/aromatic N) is 2. The van der Waals surface area contributed by atoms with Crippen molar-refractivity contribution in [3.05, 3.63) is 157 Å². The van der Waals surface area contributed by atoms with Crippen molar-refractivity contribution < 1.29 is 47.7 Å². The molecular formula is C57H81N5O10. The standard InChI is InChI=1S/2C16H14O2.C7H14N2.3C5H8O2.3CH5N/c2*1-11(17)18-10-16-14-8-4-2-6-12(14)13-7-3-5-9-15(13)16;1-8-6-4-3-5-7-9-2;3*1-3-4-7-5(2)6;3*1-2/h2*2-9,16H,10H2,1H3;6-7H,3-5H2,1-2H3;3*3H,1,4H2,2H3;3*2H2,1H3. The van der Waals surface area contributed by atoms with Crippen molar-refractivity contribution in [3.63, 3.8) is 0 Å². The van der Waals surface area contributed by atoms with Crippen LogP contribution in [-0.4, -0.2) is 111 Å². The molecule has 394 valence electrons. The fraction of sp³-hybridized carbons (Fsp3) is 0.351. The molecule has 0 saturated heterocycles. The minimum Gasteiger partial charge on any atom is -0.465 e. The molecule has 0 bridgehead atoms. The second kappa shape index (κ2) is 46.1. The highest BCUT2D eigenvalue weighted by Crippen LogP contribution is 2.45. The van der Waals surface area contributed by atoms with E-state index in [0.29, 0.717) is 33.0 Å². The normalized spacial score (nSPS) is 10.4. The molecule has 6 N–H and O–H groups in total. The van der Waals surface area contributed by atoms with Crippen molar-refractivity contribution in [2.75, 3.05) is 68.3 Å². The number of esters is 5. The molecule has 0 atom stereocenters. The third-order valence-electron chi connectivity index (χ3n) is 9.08. The Labute approximate surface area is 429 Å². The molecule has 0 aromatic heterocycles. The lowest BCUT2D eigenvalue weighted by Gasteiger charge is -2.12. The van der Waals surface area contributed by atoms with E-state index >= 15 is 0 Å². The maximum atomic E-state index is 11.0. The summed E-state index contributed by atoms with van der Waals surface area (Å²) >= 11 is 0. The number of rotatable bonds is 14. The zero-order valence-corrected chi connectivity index (χ0v) is 44.3. The molecule has 4 aromatic rings. The van der Waals surface area contributed by atoms with Gasteiger partial charge >= 0.3 is 29.8 Å². The Morgan fingerprint density at radius 1 is 0.431 bits per heavy atom. The zero-order chi connectivity index (χ0) is 55.1. The molecule has 0 heterocycles. The molecule has 2 aliphatic rings. The number of hydrogen-bond acceptors (Lipinski definition) is 15. The number of carbonyl (C=O) groups is 5. The van der Waals surface area contributed by atoms with Gasteiger partial charge in [-0.1, -0.05) is 135 Å². The summed E-state index contributed by atoms with van der Waals surface area (Å²) in [5.41, 5.74) is 23.5. The van der Waals surface area contributed by atoms with Crippen molar-refractivity contribution in [2.24, 2.45) is 27.2 Å². The van der Waals surface area contributed by atoms with Gasteiger partial charge in [0.15, 0.2) is 0 Å². The lowest BCUT2D eigenvalue weighted by molar-refractivity contribution is -0.142. The Morgan fingerprint density at radius 3 is 0.833 bits per heavy atom. The monoisotopic (exact) mass is 996 g/mol. The average Bonchev–Trinajstić information content (AvgIpc) is 3.90. The Hall–Kier alpha value is -7.33. The van der Waals surface area contributed by atoms with Gasteiger partial charge in [0.1, 0.15) is 33.0 Å². The molecule has 4 aromatic carbocycles. The largest absolute Gasteiger partial charge is 0.465 e. The summed E-state index contributed by atoms with van der Waals surface area (Å²) in [7, 11) is 8.10. The highest BCUT2D eigenvalue weighted by atomic mass is 16.5. The van der Waals surface area contributed by atoms with Crippen LogP contribution < -0.4 is 17.2 Å². The zero-order valence-electron chi connectivity index (χ0n) is 44.3. The van der Waals surface area contributed by atoms with Crippen molar-refractivity contribution in [1.82, 2.24) is 0 Å². The number of benzene rings is 4. The van der Waals surface area contributed by atoms with Gasteiger partial charge in [-0.2, -0.15) is 0 Å². The number of ether oxygens (including phenoxy) is 5. The van der Waals surface area contributed by atoms with E-state index in [4.69, 9.17) is 9.47 Å². The van der Waals surface area contributed by atoms with Gasteiger partial charge in [0, 0.05) is 60.5 Å². The number of unbranched alkanes of at least 4 members (excludes halogenated alkanes) is 2. The van der Waals surface area contributed by atoms with E-state index in [1.807, 2.05) is 61.0 Å². The van der Waals surface area contributed by atoms with Gasteiger partial charge in [-0.25, -0.2) is 0 Å². The fourth-order valence-corrected chi connectivity index (χ4v) is 6.37. The molecule has 0 saturated carbocycles. The molecule has 0 spiro atoms. The lowest BCUT2D eigenvalue weighted by atomic mass is 9.98. The summed E-state index contributed by atoms with van der Waals surface area (Å²) in [6, 6.07) is 33.3. The van der Waals surface area contributed by atoms with Crippen LogP contribution in [0, 0.1) is 0 Å². The summed E-state index contributed by atoms with van der Waals surface area (Å²) < 4.78 is 23.7. The highest BCUT2D eigenvalue weighted by molar-refractivity contribution is 5.80. The van der Waals surface area contributed by atoms with Crippen LogP contribution in [0.4, 0.5) is 0 Å². The summed E-state index contributed by atoms with van der Waals surface area (Å²) in [5.74, 6) is -0.906. The van der Waals surface area contributed by atoms with Gasteiger partial charge in [-0.05, 0) is 97.3 Å². The minimum atomic E-state index is -0.264. The Morgan fingerprint density at radius 2 is 0.653 bits per heavy atom. The molecule has 72 heavy (non-hydrogen) atoms. The topological polar surface area (TPSA) is 234 Å². The molecular weight excluding hydrogens is 915 g/mol. The van der Waals surface area contributed by atoms with Gasteiger partial charge in [-0.3, -0.25) is 24.0 Å². The van der Waals surface area contributed by atoms with Gasteiger partial charge in [0.05, 0.1) is 0 Å². The number of hydrogen-bond donors (Lipinski definition) is 3. The molecule has 0 unspecified atom stereocenters. The van der Waals surface area contributed by atoms with Gasteiger partial charge in [0.2, 0.25) is 0 Å². The molecule has 2 aliphatic carbocycles. The quantitative estimate of drug-likeness (QED) is 0.0352. The molecule has 0 amide bonds. The third-order valence-corrected chi connectivity index (χ3v) is 9.08. The van der Waals surface area contributed by atoms with Crippen molar-refractivity contribution >= 4 is 42.3 Å². The highest BCUT2D eigenvalue weighted by Gasteiger charge is 2.29. The van der Waals surface area contributed by atoms with E-state index in [9.17, 15) is 24.0 Å². The van der Waals surface area contributed by atoms with Gasteiger partial charge in [-0.15, -0.1) is 0 Å². The van der Waals surface area contributed by atoms with Crippen LogP contribution in [0.15, 0.2) is 145 Å². The van der Waals surface area contributed by atoms with E-state index in [-0.39, 0.29) is 41.7 Å². The molecule has 0 fully saturated rings. The fourth-order valence-electron chi connectivity index (χ4n) is 6.37. The number of aliphatic imine (C=N–C) groups is 2. The molecule has 15 nitrogen and oxygen atoms in total. The summed E-state index contributed by atoms with van der Waals surface area (Å²) in [5, 5.41) is 0. The van der Waals surface area contributed by atoms with E-state index in [0.717, 1.165) is 19.3 Å². The first-order valence-electron chi connectivity index (χ1n) is 23.2. The van der Waals surface area contributed by atoms with E-state index in [1.54, 1.807) is 14.1 Å². The van der Waals surface area contributed by atoms with E-state index in [1.165, 1.54) is 118 Å². The van der Waals surface area contributed by atoms with Crippen LogP contribution in [0.5, 0.6) is 0 Å². The average molecular weight is 996 g/mol. The summed E-state index contributed by atoms with van der Waals surface area (Å²) in [6.07, 6.45) is 11.8. The van der Waals surface area contributed by atoms with Crippen molar-refractivity contribution in [2.45, 2.75) is 65.7 Å². The Bertz CT molecular complexity index is 1960. The van der Waals surface area contributed by atoms with Crippen LogP contribution >= 0.6 is 0 Å². The maximum absolute atomic E-state index is 11.0. The summed E-state index contributed by atoms with van der Waals surface area (Å²) in [6.45, 7) is 18.8. The molecule has 0 aliphatic heterocycles. The smallest absolute Gasteiger partial charge is 0.302 e. The first-order valence-corrected chi connectivity index (χ1v) is 23.2. The second-order valence-electron chi connectivity index (χ2n) is 14.1. The molecule has 0 radical (unpaired) electrons. The van der Waals surface area contributed by atoms with E-state index < -0.39 is 0 Å². The van der Waals surface area contributed by atoms with Crippen LogP contribution in [0.3, 0.4) is 0 Å². The Balaban J connectivity index is -0.000000819. The van der Waals surface area contributed by atoms with Crippen LogP contribution in [-0.2, 0) is 47.7 Å². The maximum Gasteiger partial charge on any atom is 0.302 e. The van der Waals surface area contributed by atoms with Gasteiger partial charge < -0.3 is 50.9 Å². The Kier molecular flexibility index (Phi) is 44.1. The van der Waals surface area contributed by atoms with Crippen molar-refractivity contribution in [1.29, 1.82) is 0 Å². The minimum absolute atomic E-state index is 0.168. The third kappa shape index (κ3) is 30.3. The van der Waals surface area contributed by atoms with Crippen LogP contribution in [0.1, 0.15) is 88.0 Å². The molecule has 6 rings (SSSR count). The van der Waals surface area contributed by atoms with Crippen LogP contribution in [0.2, 0.25) is 0 Å². The lowest BCUT2D eigenvalue weighted by Crippen LogP contribution is -2.09. The number of nitrogens with two attached hydrogens (primary N) is 3. The number of fused-ring (bicyclic) bond motifs is 6. The van der Waals surface area contributed by atoms with Crippen molar-refractivity contribution in [3.8, 4) is 22.3 Å². The van der Waals surface area contributed by atoms with E-state index in [2.05, 4.69) is 110 Å². The second-order valence-corrected chi connectivity index (χ2v) is 14.1. The predicted molar refractivity (Wildman–Crippen MR) is 294 cm³/mol. The SMILES string of the molecule is C=CCOC(C)=O.C=CCOC(C)=O.C=CCOC(C)=O.CC(=O)OCC1c2ccccc2-c2ccccc21.CC(=O)OCC1c2ccccc2-c2ccccc21.CN.CN.CN.CN=CCCCC=NC. The predicted octanol–water partition coefficient (Wildman–Crippen LogP) is 9.21. The molecule has 15 heteroatoms. The summed E-state index contributed by atoms with van der Waals surface area (Å²) in [4.78, 5) is 59.5. The first kappa shape index (κ1) is 68.9. The number of carbonyl (C=O) groups excluding carboxylic acids is 5. The van der Waals surface area contributed by atoms with Crippen LogP contribution in [0.25, 0.3) is 22.3 Å². The first-order chi connectivity index (χ1) is 34.8.